The van der Waals surface area contributed by atoms with Crippen molar-refractivity contribution in [3.05, 3.63) is 40.8 Å². The van der Waals surface area contributed by atoms with Crippen molar-refractivity contribution < 1.29 is 0 Å². The Morgan fingerprint density at radius 3 is 2.50 bits per heavy atom. The molecule has 0 spiro atoms. The Morgan fingerprint density at radius 2 is 1.88 bits per heavy atom. The molecule has 1 fully saturated rings. The maximum absolute atomic E-state index is 12.3. The van der Waals surface area contributed by atoms with Crippen LogP contribution < -0.4 is 15.4 Å². The molecule has 7 nitrogen and oxygen atoms in total. The van der Waals surface area contributed by atoms with E-state index in [-0.39, 0.29) is 11.5 Å². The second kappa shape index (κ2) is 7.85. The molecular weight excluding hydrogens is 328 g/mol. The van der Waals surface area contributed by atoms with E-state index in [1.165, 1.54) is 0 Å². The van der Waals surface area contributed by atoms with Gasteiger partial charge in [0.05, 0.1) is 12.0 Å². The standard InChI is InChI=1S/C19H28N6O/c1-14(2)16-9-19(26)25(13-22-16)11-15-5-7-24(8-6-15)18-10-17(23(3)4)20-12-21-18/h9-10,12-15H,5-8,11H2,1-4H3. The lowest BCUT2D eigenvalue weighted by atomic mass is 9.96. The van der Waals surface area contributed by atoms with E-state index >= 15 is 0 Å². The average molecular weight is 356 g/mol. The van der Waals surface area contributed by atoms with Crippen molar-refractivity contribution in [1.29, 1.82) is 0 Å². The van der Waals surface area contributed by atoms with E-state index in [4.69, 9.17) is 0 Å². The van der Waals surface area contributed by atoms with Gasteiger partial charge >= 0.3 is 0 Å². The first-order valence-corrected chi connectivity index (χ1v) is 9.24. The summed E-state index contributed by atoms with van der Waals surface area (Å²) in [7, 11) is 3.96. The summed E-state index contributed by atoms with van der Waals surface area (Å²) in [6.45, 7) is 6.74. The fraction of sp³-hybridized carbons (Fsp3) is 0.579. The Balaban J connectivity index is 1.61. The molecule has 0 unspecified atom stereocenters. The van der Waals surface area contributed by atoms with E-state index in [2.05, 4.69) is 33.7 Å². The number of hydrogen-bond acceptors (Lipinski definition) is 6. The molecule has 1 saturated heterocycles. The molecule has 0 saturated carbocycles. The minimum atomic E-state index is 0.0533. The third-order valence-electron chi connectivity index (χ3n) is 4.98. The molecule has 26 heavy (non-hydrogen) atoms. The van der Waals surface area contributed by atoms with Crippen LogP contribution in [0.25, 0.3) is 0 Å². The number of nitrogens with zero attached hydrogens (tertiary/aromatic N) is 6. The summed E-state index contributed by atoms with van der Waals surface area (Å²) in [5.41, 5.74) is 0.916. The van der Waals surface area contributed by atoms with Crippen LogP contribution in [0.15, 0.2) is 29.6 Å². The summed E-state index contributed by atoms with van der Waals surface area (Å²) in [6.07, 6.45) is 5.41. The van der Waals surface area contributed by atoms with Gasteiger partial charge in [-0.15, -0.1) is 0 Å². The predicted octanol–water partition coefficient (Wildman–Crippen LogP) is 2.14. The van der Waals surface area contributed by atoms with Crippen molar-refractivity contribution in [3.8, 4) is 0 Å². The van der Waals surface area contributed by atoms with Crippen LogP contribution in [0.4, 0.5) is 11.6 Å². The molecule has 0 atom stereocenters. The Bertz CT molecular complexity index is 793. The van der Waals surface area contributed by atoms with Crippen molar-refractivity contribution in [3.63, 3.8) is 0 Å². The minimum Gasteiger partial charge on any atom is -0.363 e. The third kappa shape index (κ3) is 4.20. The maximum atomic E-state index is 12.3. The third-order valence-corrected chi connectivity index (χ3v) is 4.98. The maximum Gasteiger partial charge on any atom is 0.253 e. The fourth-order valence-corrected chi connectivity index (χ4v) is 3.27. The molecule has 0 N–H and O–H groups in total. The smallest absolute Gasteiger partial charge is 0.253 e. The molecule has 1 aliphatic rings. The van der Waals surface area contributed by atoms with E-state index in [1.807, 2.05) is 25.1 Å². The van der Waals surface area contributed by atoms with Crippen LogP contribution in [0.5, 0.6) is 0 Å². The van der Waals surface area contributed by atoms with Gasteiger partial charge in [0.15, 0.2) is 0 Å². The first kappa shape index (κ1) is 18.4. The zero-order valence-corrected chi connectivity index (χ0v) is 16.1. The summed E-state index contributed by atoms with van der Waals surface area (Å²) in [6, 6.07) is 3.70. The van der Waals surface area contributed by atoms with Crippen LogP contribution in [0.1, 0.15) is 38.3 Å². The van der Waals surface area contributed by atoms with Crippen LogP contribution in [0, 0.1) is 5.92 Å². The molecule has 3 heterocycles. The van der Waals surface area contributed by atoms with Gasteiger partial charge in [0, 0.05) is 45.9 Å². The summed E-state index contributed by atoms with van der Waals surface area (Å²) in [5, 5.41) is 0. The van der Waals surface area contributed by atoms with E-state index in [0.717, 1.165) is 49.8 Å². The van der Waals surface area contributed by atoms with E-state index in [0.29, 0.717) is 5.92 Å². The summed E-state index contributed by atoms with van der Waals surface area (Å²) < 4.78 is 1.75. The van der Waals surface area contributed by atoms with Gasteiger partial charge < -0.3 is 9.80 Å². The van der Waals surface area contributed by atoms with Gasteiger partial charge in [0.2, 0.25) is 0 Å². The van der Waals surface area contributed by atoms with Gasteiger partial charge in [-0.25, -0.2) is 15.0 Å². The van der Waals surface area contributed by atoms with Crippen LogP contribution in [0.2, 0.25) is 0 Å². The second-order valence-electron chi connectivity index (χ2n) is 7.52. The fourth-order valence-electron chi connectivity index (χ4n) is 3.27. The second-order valence-corrected chi connectivity index (χ2v) is 7.52. The first-order chi connectivity index (χ1) is 12.4. The normalized spacial score (nSPS) is 15.5. The molecule has 2 aromatic rings. The molecule has 3 rings (SSSR count). The lowest BCUT2D eigenvalue weighted by Gasteiger charge is -2.33. The number of anilines is 2. The molecule has 0 radical (unpaired) electrons. The Hall–Kier alpha value is -2.44. The van der Waals surface area contributed by atoms with Gasteiger partial charge in [0.25, 0.3) is 5.56 Å². The molecule has 2 aromatic heterocycles. The highest BCUT2D eigenvalue weighted by Crippen LogP contribution is 2.24. The lowest BCUT2D eigenvalue weighted by Crippen LogP contribution is -2.37. The van der Waals surface area contributed by atoms with Gasteiger partial charge in [-0.1, -0.05) is 13.8 Å². The summed E-state index contributed by atoms with van der Waals surface area (Å²) >= 11 is 0. The Morgan fingerprint density at radius 1 is 1.15 bits per heavy atom. The van der Waals surface area contributed by atoms with Gasteiger partial charge in [-0.2, -0.15) is 0 Å². The van der Waals surface area contributed by atoms with Crippen LogP contribution >= 0.6 is 0 Å². The molecule has 0 aliphatic carbocycles. The van der Waals surface area contributed by atoms with Crippen LogP contribution in [-0.4, -0.2) is 46.7 Å². The number of rotatable bonds is 5. The van der Waals surface area contributed by atoms with Crippen LogP contribution in [-0.2, 0) is 6.54 Å². The molecule has 7 heteroatoms. The van der Waals surface area contributed by atoms with Crippen molar-refractivity contribution >= 4 is 11.6 Å². The molecule has 0 bridgehead atoms. The van der Waals surface area contributed by atoms with Crippen LogP contribution in [0.3, 0.4) is 0 Å². The number of hydrogen-bond donors (Lipinski definition) is 0. The highest BCUT2D eigenvalue weighted by molar-refractivity contribution is 5.49. The Labute approximate surface area is 154 Å². The van der Waals surface area contributed by atoms with Crippen molar-refractivity contribution in [2.24, 2.45) is 5.92 Å². The quantitative estimate of drug-likeness (QED) is 0.818. The van der Waals surface area contributed by atoms with Gasteiger partial charge in [-0.3, -0.25) is 9.36 Å². The molecule has 140 valence electrons. The average Bonchev–Trinajstić information content (AvgIpc) is 2.64. The SMILES string of the molecule is CC(C)c1cc(=O)n(CC2CCN(c3cc(N(C)C)ncn3)CC2)cn1. The zero-order valence-electron chi connectivity index (χ0n) is 16.1. The highest BCUT2D eigenvalue weighted by atomic mass is 16.1. The van der Waals surface area contributed by atoms with Crippen molar-refractivity contribution in [2.45, 2.75) is 39.2 Å². The Kier molecular flexibility index (Phi) is 5.54. The van der Waals surface area contributed by atoms with E-state index < -0.39 is 0 Å². The van der Waals surface area contributed by atoms with Gasteiger partial charge in [-0.05, 0) is 24.7 Å². The largest absolute Gasteiger partial charge is 0.363 e. The van der Waals surface area contributed by atoms with Gasteiger partial charge in [0.1, 0.15) is 18.0 Å². The van der Waals surface area contributed by atoms with Crippen molar-refractivity contribution in [2.75, 3.05) is 37.0 Å². The number of piperidine rings is 1. The summed E-state index contributed by atoms with van der Waals surface area (Å²) in [4.78, 5) is 29.7. The van der Waals surface area contributed by atoms with Crippen molar-refractivity contribution in [1.82, 2.24) is 19.5 Å². The van der Waals surface area contributed by atoms with E-state index in [1.54, 1.807) is 23.3 Å². The lowest BCUT2D eigenvalue weighted by molar-refractivity contribution is 0.349. The predicted molar refractivity (Wildman–Crippen MR) is 104 cm³/mol. The molecule has 0 aromatic carbocycles. The molecule has 0 amide bonds. The molecular formula is C19H28N6O. The first-order valence-electron chi connectivity index (χ1n) is 9.24. The number of aromatic nitrogens is 4. The molecule has 1 aliphatic heterocycles. The zero-order chi connectivity index (χ0) is 18.7. The van der Waals surface area contributed by atoms with E-state index in [9.17, 15) is 4.79 Å². The minimum absolute atomic E-state index is 0.0533. The highest BCUT2D eigenvalue weighted by Gasteiger charge is 2.21. The topological polar surface area (TPSA) is 67.2 Å². The monoisotopic (exact) mass is 356 g/mol. The summed E-state index contributed by atoms with van der Waals surface area (Å²) in [5.74, 6) is 2.66.